The van der Waals surface area contributed by atoms with Crippen LogP contribution < -0.4 is 5.32 Å². The molecule has 0 fully saturated rings. The van der Waals surface area contributed by atoms with Crippen LogP contribution in [0.5, 0.6) is 0 Å². The Labute approximate surface area is 96.2 Å². The summed E-state index contributed by atoms with van der Waals surface area (Å²) in [6.45, 7) is 2.45. The van der Waals surface area contributed by atoms with E-state index in [1.165, 1.54) is 18.4 Å². The molecule has 16 heavy (non-hydrogen) atoms. The first-order valence-corrected chi connectivity index (χ1v) is 5.64. The van der Waals surface area contributed by atoms with Crippen LogP contribution in [0.2, 0.25) is 0 Å². The Hall–Kier alpha value is -1.63. The molecular weight excluding hydrogens is 228 g/mol. The number of aromatic nitrogens is 3. The van der Waals surface area contributed by atoms with Gasteiger partial charge in [-0.15, -0.1) is 0 Å². The zero-order valence-corrected chi connectivity index (χ0v) is 9.87. The Bertz CT molecular complexity index is 473. The largest absolute Gasteiger partial charge is 0.453 e. The number of methoxy groups -OCH3 is 1. The quantitative estimate of drug-likeness (QED) is 0.869. The summed E-state index contributed by atoms with van der Waals surface area (Å²) in [5.41, 5.74) is 0.956. The molecule has 0 unspecified atom stereocenters. The van der Waals surface area contributed by atoms with Crippen LogP contribution in [0.3, 0.4) is 0 Å². The summed E-state index contributed by atoms with van der Waals surface area (Å²) in [6.07, 6.45) is 2.14. The molecule has 0 aliphatic carbocycles. The van der Waals surface area contributed by atoms with Gasteiger partial charge in [0.15, 0.2) is 0 Å². The second-order valence-electron chi connectivity index (χ2n) is 3.27. The van der Waals surface area contributed by atoms with Crippen molar-refractivity contribution in [3.05, 3.63) is 16.9 Å². The molecule has 0 atom stereocenters. The van der Waals surface area contributed by atoms with E-state index in [9.17, 15) is 4.79 Å². The average Bonchev–Trinajstić information content (AvgIpc) is 2.74. The van der Waals surface area contributed by atoms with E-state index >= 15 is 0 Å². The summed E-state index contributed by atoms with van der Waals surface area (Å²) in [4.78, 5) is 16.0. The summed E-state index contributed by atoms with van der Waals surface area (Å²) < 4.78 is 6.22. The summed E-state index contributed by atoms with van der Waals surface area (Å²) in [7, 11) is 1.34. The molecule has 6 nitrogen and oxygen atoms in total. The van der Waals surface area contributed by atoms with Crippen LogP contribution in [0.1, 0.15) is 10.7 Å². The Morgan fingerprint density at radius 3 is 3.19 bits per heavy atom. The standard InChI is InChI=1S/C9H12N4O2S/c1-6-5-13-8(11-6)16-7(12-13)3-4-10-9(14)15-2/h5H,3-4H2,1-2H3,(H,10,14). The SMILES string of the molecule is COC(=O)NCCc1nn2cc(C)nc2s1. The minimum atomic E-state index is -0.419. The number of rotatable bonds is 3. The highest BCUT2D eigenvalue weighted by molar-refractivity contribution is 7.16. The van der Waals surface area contributed by atoms with Gasteiger partial charge >= 0.3 is 6.09 Å². The fourth-order valence-electron chi connectivity index (χ4n) is 1.30. The molecule has 7 heteroatoms. The van der Waals surface area contributed by atoms with Gasteiger partial charge in [0, 0.05) is 13.0 Å². The van der Waals surface area contributed by atoms with Crippen LogP contribution in [-0.2, 0) is 11.2 Å². The van der Waals surface area contributed by atoms with Gasteiger partial charge in [0.2, 0.25) is 4.96 Å². The van der Waals surface area contributed by atoms with Crippen molar-refractivity contribution in [3.63, 3.8) is 0 Å². The number of ether oxygens (including phenoxy) is 1. The third-order valence-corrected chi connectivity index (χ3v) is 2.98. The zero-order valence-electron chi connectivity index (χ0n) is 9.06. The number of hydrogen-bond acceptors (Lipinski definition) is 5. The molecule has 2 rings (SSSR count). The van der Waals surface area contributed by atoms with Crippen molar-refractivity contribution in [2.45, 2.75) is 13.3 Å². The Morgan fingerprint density at radius 2 is 2.50 bits per heavy atom. The lowest BCUT2D eigenvalue weighted by Gasteiger charge is -2.00. The molecule has 2 aromatic rings. The topological polar surface area (TPSA) is 68.5 Å². The van der Waals surface area contributed by atoms with Crippen LogP contribution in [0, 0.1) is 6.92 Å². The highest BCUT2D eigenvalue weighted by Gasteiger charge is 2.06. The van der Waals surface area contributed by atoms with Crippen LogP contribution in [0.4, 0.5) is 4.79 Å². The normalized spacial score (nSPS) is 10.6. The highest BCUT2D eigenvalue weighted by atomic mass is 32.1. The first-order chi connectivity index (χ1) is 7.69. The number of carbonyl (C=O) groups excluding carboxylic acids is 1. The number of hydrogen-bond donors (Lipinski definition) is 1. The highest BCUT2D eigenvalue weighted by Crippen LogP contribution is 2.14. The molecule has 1 amide bonds. The number of imidazole rings is 1. The number of alkyl carbamates (subject to hydrolysis) is 1. The minimum absolute atomic E-state index is 0.419. The van der Waals surface area contributed by atoms with Gasteiger partial charge in [0.1, 0.15) is 5.01 Å². The third-order valence-electron chi connectivity index (χ3n) is 2.00. The lowest BCUT2D eigenvalue weighted by Crippen LogP contribution is -2.25. The predicted molar refractivity (Wildman–Crippen MR) is 59.7 cm³/mol. The predicted octanol–water partition coefficient (Wildman–Crippen LogP) is 0.998. The fraction of sp³-hybridized carbons (Fsp3) is 0.444. The first-order valence-electron chi connectivity index (χ1n) is 4.82. The van der Waals surface area contributed by atoms with Crippen molar-refractivity contribution in [3.8, 4) is 0 Å². The summed E-state index contributed by atoms with van der Waals surface area (Å²) in [5.74, 6) is 0. The molecule has 0 bridgehead atoms. The van der Waals surface area contributed by atoms with Crippen molar-refractivity contribution in [2.24, 2.45) is 0 Å². The molecular formula is C9H12N4O2S. The van der Waals surface area contributed by atoms with E-state index < -0.39 is 6.09 Å². The number of fused-ring (bicyclic) bond motifs is 1. The number of amides is 1. The Morgan fingerprint density at radius 1 is 1.69 bits per heavy atom. The van der Waals surface area contributed by atoms with Crippen molar-refractivity contribution < 1.29 is 9.53 Å². The second-order valence-corrected chi connectivity index (χ2v) is 4.31. The van der Waals surface area contributed by atoms with E-state index in [0.29, 0.717) is 13.0 Å². The van der Waals surface area contributed by atoms with Crippen LogP contribution in [0.25, 0.3) is 4.96 Å². The van der Waals surface area contributed by atoms with Gasteiger partial charge in [-0.2, -0.15) is 5.10 Å². The van der Waals surface area contributed by atoms with Gasteiger partial charge < -0.3 is 10.1 Å². The number of aryl methyl sites for hydroxylation is 1. The number of nitrogens with one attached hydrogen (secondary N) is 1. The van der Waals surface area contributed by atoms with Gasteiger partial charge in [-0.1, -0.05) is 11.3 Å². The summed E-state index contributed by atoms with van der Waals surface area (Å²) in [6, 6.07) is 0. The second kappa shape index (κ2) is 4.48. The molecule has 0 saturated heterocycles. The number of nitrogens with zero attached hydrogens (tertiary/aromatic N) is 3. The van der Waals surface area contributed by atoms with Crippen molar-refractivity contribution >= 4 is 22.4 Å². The van der Waals surface area contributed by atoms with Gasteiger partial charge in [0.25, 0.3) is 0 Å². The Kier molecular flexibility index (Phi) is 3.04. The van der Waals surface area contributed by atoms with E-state index in [2.05, 4.69) is 20.1 Å². The van der Waals surface area contributed by atoms with Crippen LogP contribution >= 0.6 is 11.3 Å². The molecule has 2 aromatic heterocycles. The van der Waals surface area contributed by atoms with Gasteiger partial charge in [0.05, 0.1) is 19.0 Å². The molecule has 0 aromatic carbocycles. The molecule has 1 N–H and O–H groups in total. The molecule has 0 aliphatic rings. The maximum absolute atomic E-state index is 10.8. The molecule has 0 spiro atoms. The third kappa shape index (κ3) is 2.30. The van der Waals surface area contributed by atoms with Crippen LogP contribution in [0.15, 0.2) is 6.20 Å². The maximum Gasteiger partial charge on any atom is 0.406 e. The molecule has 0 radical (unpaired) electrons. The van der Waals surface area contributed by atoms with Crippen molar-refractivity contribution in [2.75, 3.05) is 13.7 Å². The van der Waals surface area contributed by atoms with E-state index in [0.717, 1.165) is 15.7 Å². The average molecular weight is 240 g/mol. The van der Waals surface area contributed by atoms with Crippen molar-refractivity contribution in [1.29, 1.82) is 0 Å². The first kappa shape index (κ1) is 10.9. The monoisotopic (exact) mass is 240 g/mol. The molecule has 0 saturated carbocycles. The van der Waals surface area contributed by atoms with Gasteiger partial charge in [-0.05, 0) is 6.92 Å². The smallest absolute Gasteiger partial charge is 0.406 e. The minimum Gasteiger partial charge on any atom is -0.453 e. The molecule has 2 heterocycles. The van der Waals surface area contributed by atoms with E-state index in [1.807, 2.05) is 13.1 Å². The molecule has 0 aliphatic heterocycles. The van der Waals surface area contributed by atoms with Gasteiger partial charge in [-0.3, -0.25) is 0 Å². The van der Waals surface area contributed by atoms with Crippen molar-refractivity contribution in [1.82, 2.24) is 19.9 Å². The number of carbonyl (C=O) groups is 1. The van der Waals surface area contributed by atoms with E-state index in [-0.39, 0.29) is 0 Å². The molecule has 86 valence electrons. The lowest BCUT2D eigenvalue weighted by molar-refractivity contribution is 0.171. The van der Waals surface area contributed by atoms with E-state index in [4.69, 9.17) is 0 Å². The Balaban J connectivity index is 1.94. The summed E-state index contributed by atoms with van der Waals surface area (Å²) >= 11 is 1.53. The fourth-order valence-corrected chi connectivity index (χ4v) is 2.22. The zero-order chi connectivity index (χ0) is 11.5. The van der Waals surface area contributed by atoms with Gasteiger partial charge in [-0.25, -0.2) is 14.3 Å². The van der Waals surface area contributed by atoms with E-state index in [1.54, 1.807) is 4.52 Å². The summed E-state index contributed by atoms with van der Waals surface area (Å²) in [5, 5.41) is 7.88. The lowest BCUT2D eigenvalue weighted by atomic mass is 10.4. The van der Waals surface area contributed by atoms with Crippen LogP contribution in [-0.4, -0.2) is 34.3 Å². The maximum atomic E-state index is 10.8.